The Morgan fingerprint density at radius 2 is 2.20 bits per heavy atom. The molecule has 0 fully saturated rings. The maximum atomic E-state index is 13.8. The molecule has 0 saturated heterocycles. The summed E-state index contributed by atoms with van der Waals surface area (Å²) < 4.78 is 16.3. The lowest BCUT2D eigenvalue weighted by atomic mass is 10.3. The van der Waals surface area contributed by atoms with Crippen LogP contribution in [0.3, 0.4) is 0 Å². The fourth-order valence-electron chi connectivity index (χ4n) is 1.55. The molecule has 0 atom stereocenters. The first-order valence-corrected chi connectivity index (χ1v) is 7.57. The van der Waals surface area contributed by atoms with Crippen LogP contribution < -0.4 is 5.32 Å². The number of hydrogen-bond acceptors (Lipinski definition) is 2. The molecule has 1 aromatic heterocycles. The molecule has 1 heterocycles. The number of carbonyl (C=O) groups is 1. The highest BCUT2D eigenvalue weighted by Gasteiger charge is 2.18. The molecular formula is C12H9Br2ClFN3O. The van der Waals surface area contributed by atoms with E-state index >= 15 is 0 Å². The average Bonchev–Trinajstić information content (AvgIpc) is 2.75. The monoisotopic (exact) mass is 423 g/mol. The minimum atomic E-state index is -0.566. The van der Waals surface area contributed by atoms with Gasteiger partial charge < -0.3 is 5.32 Å². The molecule has 1 N–H and O–H groups in total. The van der Waals surface area contributed by atoms with Gasteiger partial charge in [0.2, 0.25) is 0 Å². The van der Waals surface area contributed by atoms with Gasteiger partial charge in [0.1, 0.15) is 5.82 Å². The average molecular weight is 425 g/mol. The summed E-state index contributed by atoms with van der Waals surface area (Å²) in [6, 6.07) is 2.89. The van der Waals surface area contributed by atoms with Crippen LogP contribution in [0.4, 0.5) is 10.1 Å². The van der Waals surface area contributed by atoms with Crippen molar-refractivity contribution in [3.63, 3.8) is 0 Å². The number of hydrogen-bond donors (Lipinski definition) is 1. The molecule has 8 heteroatoms. The van der Waals surface area contributed by atoms with Gasteiger partial charge in [0.15, 0.2) is 5.69 Å². The standard InChI is InChI=1S/C12H9Br2ClFN3O/c1-2-19-5-8(15)11(18-19)12(20)17-10-7(14)3-6(13)4-9(10)16/h3-5H,2H2,1H3,(H,17,20). The van der Waals surface area contributed by atoms with E-state index in [0.717, 1.165) is 0 Å². The third-order valence-corrected chi connectivity index (χ3v) is 3.86. The predicted molar refractivity (Wildman–Crippen MR) is 82.7 cm³/mol. The SMILES string of the molecule is CCn1cc(Cl)c(C(=O)Nc2c(F)cc(Br)cc2Br)n1. The van der Waals surface area contributed by atoms with Gasteiger partial charge >= 0.3 is 0 Å². The summed E-state index contributed by atoms with van der Waals surface area (Å²) in [5.41, 5.74) is 0.100. The van der Waals surface area contributed by atoms with Crippen molar-refractivity contribution in [2.24, 2.45) is 0 Å². The Balaban J connectivity index is 2.30. The number of halogens is 4. The summed E-state index contributed by atoms with van der Waals surface area (Å²) >= 11 is 12.3. The van der Waals surface area contributed by atoms with Crippen LogP contribution in [-0.4, -0.2) is 15.7 Å². The molecule has 4 nitrogen and oxygen atoms in total. The van der Waals surface area contributed by atoms with E-state index in [2.05, 4.69) is 42.3 Å². The van der Waals surface area contributed by atoms with Gasteiger partial charge in [0.25, 0.3) is 5.91 Å². The van der Waals surface area contributed by atoms with Crippen LogP contribution in [0.1, 0.15) is 17.4 Å². The highest BCUT2D eigenvalue weighted by Crippen LogP contribution is 2.30. The molecule has 0 aliphatic heterocycles. The fourth-order valence-corrected chi connectivity index (χ4v) is 3.06. The van der Waals surface area contributed by atoms with Gasteiger partial charge in [-0.25, -0.2) is 4.39 Å². The summed E-state index contributed by atoms with van der Waals surface area (Å²) in [6.45, 7) is 2.46. The van der Waals surface area contributed by atoms with Gasteiger partial charge in [-0.05, 0) is 35.0 Å². The number of aryl methyl sites for hydroxylation is 1. The maximum absolute atomic E-state index is 13.8. The minimum Gasteiger partial charge on any atom is -0.317 e. The van der Waals surface area contributed by atoms with Crippen LogP contribution in [0, 0.1) is 5.82 Å². The number of carbonyl (C=O) groups excluding carboxylic acids is 1. The van der Waals surface area contributed by atoms with E-state index in [4.69, 9.17) is 11.6 Å². The molecule has 0 bridgehead atoms. The van der Waals surface area contributed by atoms with E-state index in [-0.39, 0.29) is 16.4 Å². The summed E-state index contributed by atoms with van der Waals surface area (Å²) in [7, 11) is 0. The second-order valence-electron chi connectivity index (χ2n) is 3.88. The molecule has 20 heavy (non-hydrogen) atoms. The predicted octanol–water partition coefficient (Wildman–Crippen LogP) is 4.47. The molecule has 0 unspecified atom stereocenters. The van der Waals surface area contributed by atoms with Gasteiger partial charge in [-0.15, -0.1) is 0 Å². The normalized spacial score (nSPS) is 10.7. The Bertz CT molecular complexity index is 652. The van der Waals surface area contributed by atoms with Gasteiger partial charge in [-0.1, -0.05) is 27.5 Å². The Kier molecular flexibility index (Phi) is 4.82. The highest BCUT2D eigenvalue weighted by atomic mass is 79.9. The number of benzene rings is 1. The quantitative estimate of drug-likeness (QED) is 0.789. The summed E-state index contributed by atoms with van der Waals surface area (Å²) in [5.74, 6) is -1.13. The lowest BCUT2D eigenvalue weighted by Gasteiger charge is -2.08. The van der Waals surface area contributed by atoms with Crippen LogP contribution in [-0.2, 0) is 6.54 Å². The molecule has 0 radical (unpaired) electrons. The van der Waals surface area contributed by atoms with Gasteiger partial charge in [0.05, 0.1) is 10.7 Å². The topological polar surface area (TPSA) is 46.9 Å². The van der Waals surface area contributed by atoms with E-state index in [1.807, 2.05) is 6.92 Å². The molecule has 0 aliphatic rings. The van der Waals surface area contributed by atoms with Crippen molar-refractivity contribution < 1.29 is 9.18 Å². The van der Waals surface area contributed by atoms with E-state index in [9.17, 15) is 9.18 Å². The molecule has 0 aliphatic carbocycles. The zero-order chi connectivity index (χ0) is 14.9. The Labute approximate surface area is 136 Å². The molecule has 1 aromatic carbocycles. The number of rotatable bonds is 3. The third kappa shape index (κ3) is 3.21. The van der Waals surface area contributed by atoms with Crippen LogP contribution in [0.25, 0.3) is 0 Å². The molecule has 1 amide bonds. The Morgan fingerprint density at radius 3 is 2.75 bits per heavy atom. The fraction of sp³-hybridized carbons (Fsp3) is 0.167. The third-order valence-electron chi connectivity index (χ3n) is 2.50. The molecule has 0 saturated carbocycles. The van der Waals surface area contributed by atoms with Gasteiger partial charge in [-0.2, -0.15) is 5.10 Å². The number of nitrogens with one attached hydrogen (secondary N) is 1. The first kappa shape index (κ1) is 15.5. The van der Waals surface area contributed by atoms with Crippen molar-refractivity contribution in [3.05, 3.63) is 43.8 Å². The van der Waals surface area contributed by atoms with Crippen molar-refractivity contribution >= 4 is 55.1 Å². The zero-order valence-electron chi connectivity index (χ0n) is 10.3. The van der Waals surface area contributed by atoms with Crippen LogP contribution >= 0.6 is 43.5 Å². The molecule has 106 valence electrons. The second-order valence-corrected chi connectivity index (χ2v) is 6.06. The van der Waals surface area contributed by atoms with Crippen molar-refractivity contribution in [2.45, 2.75) is 13.5 Å². The Hall–Kier alpha value is -0.920. The van der Waals surface area contributed by atoms with Gasteiger partial charge in [0, 0.05) is 21.7 Å². The van der Waals surface area contributed by atoms with E-state index in [0.29, 0.717) is 15.5 Å². The molecule has 0 spiro atoms. The van der Waals surface area contributed by atoms with Crippen LogP contribution in [0.15, 0.2) is 27.3 Å². The van der Waals surface area contributed by atoms with E-state index < -0.39 is 11.7 Å². The van der Waals surface area contributed by atoms with E-state index in [1.54, 1.807) is 12.3 Å². The number of aromatic nitrogens is 2. The number of nitrogens with zero attached hydrogens (tertiary/aromatic N) is 2. The van der Waals surface area contributed by atoms with Gasteiger partial charge in [-0.3, -0.25) is 9.48 Å². The smallest absolute Gasteiger partial charge is 0.277 e. The minimum absolute atomic E-state index is 0.0420. The van der Waals surface area contributed by atoms with E-state index in [1.165, 1.54) is 10.7 Å². The summed E-state index contributed by atoms with van der Waals surface area (Å²) in [6.07, 6.45) is 1.55. The number of anilines is 1. The van der Waals surface area contributed by atoms with Crippen molar-refractivity contribution in [1.82, 2.24) is 9.78 Å². The maximum Gasteiger partial charge on any atom is 0.277 e. The highest BCUT2D eigenvalue weighted by molar-refractivity contribution is 9.11. The van der Waals surface area contributed by atoms with Crippen molar-refractivity contribution in [2.75, 3.05) is 5.32 Å². The lowest BCUT2D eigenvalue weighted by Crippen LogP contribution is -2.15. The number of amides is 1. The van der Waals surface area contributed by atoms with Crippen molar-refractivity contribution in [1.29, 1.82) is 0 Å². The van der Waals surface area contributed by atoms with Crippen LogP contribution in [0.5, 0.6) is 0 Å². The molecule has 2 rings (SSSR count). The second kappa shape index (κ2) is 6.24. The first-order valence-electron chi connectivity index (χ1n) is 5.61. The zero-order valence-corrected chi connectivity index (χ0v) is 14.2. The first-order chi connectivity index (χ1) is 9.42. The lowest BCUT2D eigenvalue weighted by molar-refractivity contribution is 0.102. The molecular weight excluding hydrogens is 416 g/mol. The van der Waals surface area contributed by atoms with Crippen LogP contribution in [0.2, 0.25) is 5.02 Å². The summed E-state index contributed by atoms with van der Waals surface area (Å²) in [4.78, 5) is 12.1. The largest absolute Gasteiger partial charge is 0.317 e. The summed E-state index contributed by atoms with van der Waals surface area (Å²) in [5, 5.41) is 6.71. The van der Waals surface area contributed by atoms with Crippen molar-refractivity contribution in [3.8, 4) is 0 Å². The molecule has 2 aromatic rings. The Morgan fingerprint density at radius 1 is 1.50 bits per heavy atom.